The van der Waals surface area contributed by atoms with Gasteiger partial charge in [-0.2, -0.15) is 5.26 Å². The van der Waals surface area contributed by atoms with Crippen LogP contribution in [0, 0.1) is 24.2 Å². The molecule has 8 nitrogen and oxygen atoms in total. The van der Waals surface area contributed by atoms with Crippen molar-refractivity contribution in [3.8, 4) is 6.07 Å². The minimum Gasteiger partial charge on any atom is -0.466 e. The average Bonchev–Trinajstić information content (AvgIpc) is 3.08. The molecule has 1 aromatic heterocycles. The van der Waals surface area contributed by atoms with Crippen molar-refractivity contribution in [2.75, 3.05) is 24.6 Å². The number of esters is 1. The molecule has 3 heterocycles. The third-order valence-electron chi connectivity index (χ3n) is 6.12. The van der Waals surface area contributed by atoms with Crippen LogP contribution < -0.4 is 10.5 Å². The molecule has 2 fully saturated rings. The van der Waals surface area contributed by atoms with Gasteiger partial charge in [-0.25, -0.2) is 0 Å². The molecule has 1 atom stereocenters. The molecule has 10 heteroatoms. The van der Waals surface area contributed by atoms with E-state index in [2.05, 4.69) is 0 Å². The molecular formula is C24H30N4O4S2. The van der Waals surface area contributed by atoms with Gasteiger partial charge in [0.05, 0.1) is 17.4 Å². The molecule has 0 aromatic carbocycles. The Bertz CT molecular complexity index is 1150. The highest BCUT2D eigenvalue weighted by Gasteiger charge is 2.35. The smallest absolute Gasteiger partial charge is 0.310 e. The van der Waals surface area contributed by atoms with Crippen molar-refractivity contribution in [2.24, 2.45) is 5.92 Å². The number of thiocarbonyl (C=S) groups is 1. The number of rotatable bonds is 6. The number of carbonyl (C=O) groups excluding carboxylic acids is 2. The van der Waals surface area contributed by atoms with Crippen LogP contribution in [-0.4, -0.2) is 51.4 Å². The summed E-state index contributed by atoms with van der Waals surface area (Å²) < 4.78 is 7.29. The van der Waals surface area contributed by atoms with Gasteiger partial charge >= 0.3 is 5.97 Å². The Morgan fingerprint density at radius 3 is 2.62 bits per heavy atom. The number of piperidine rings is 1. The van der Waals surface area contributed by atoms with Crippen LogP contribution in [-0.2, 0) is 20.9 Å². The molecule has 0 saturated carbocycles. The first-order valence-corrected chi connectivity index (χ1v) is 12.7. The number of amides is 1. The van der Waals surface area contributed by atoms with Gasteiger partial charge < -0.3 is 9.64 Å². The third kappa shape index (κ3) is 4.77. The lowest BCUT2D eigenvalue weighted by atomic mass is 9.96. The SMILES string of the molecule is CCOC(=O)C1CCCN(c2c(/C=C3\SC(=S)N(C(C)C)C3=O)c(C)c(C#N)c(=O)n2CC)C1. The van der Waals surface area contributed by atoms with E-state index in [1.54, 1.807) is 29.4 Å². The Labute approximate surface area is 209 Å². The number of anilines is 1. The van der Waals surface area contributed by atoms with Crippen LogP contribution in [0.5, 0.6) is 0 Å². The second-order valence-electron chi connectivity index (χ2n) is 8.58. The second-order valence-corrected chi connectivity index (χ2v) is 10.3. The Hall–Kier alpha value is -2.64. The molecule has 182 valence electrons. The van der Waals surface area contributed by atoms with Crippen molar-refractivity contribution in [3.63, 3.8) is 0 Å². The average molecular weight is 503 g/mol. The molecule has 0 bridgehead atoms. The van der Waals surface area contributed by atoms with E-state index in [0.29, 0.717) is 58.8 Å². The van der Waals surface area contributed by atoms with Crippen molar-refractivity contribution >= 4 is 52.1 Å². The molecule has 1 unspecified atom stereocenters. The van der Waals surface area contributed by atoms with Crippen molar-refractivity contribution in [2.45, 2.75) is 60.0 Å². The minimum absolute atomic E-state index is 0.0511. The van der Waals surface area contributed by atoms with E-state index in [0.717, 1.165) is 6.42 Å². The number of carbonyl (C=O) groups is 2. The van der Waals surface area contributed by atoms with Gasteiger partial charge in [-0.3, -0.25) is 23.9 Å². The van der Waals surface area contributed by atoms with Crippen LogP contribution in [0.2, 0.25) is 0 Å². The van der Waals surface area contributed by atoms with Crippen LogP contribution in [0.1, 0.15) is 57.2 Å². The number of pyridine rings is 1. The maximum absolute atomic E-state index is 13.2. The van der Waals surface area contributed by atoms with Crippen LogP contribution in [0.4, 0.5) is 5.82 Å². The largest absolute Gasteiger partial charge is 0.466 e. The van der Waals surface area contributed by atoms with E-state index >= 15 is 0 Å². The molecule has 34 heavy (non-hydrogen) atoms. The third-order valence-corrected chi connectivity index (χ3v) is 7.45. The predicted octanol–water partition coefficient (Wildman–Crippen LogP) is 3.44. The highest BCUT2D eigenvalue weighted by Crippen LogP contribution is 2.37. The number of nitriles is 1. The Balaban J connectivity index is 2.19. The summed E-state index contributed by atoms with van der Waals surface area (Å²) in [6.45, 7) is 10.9. The highest BCUT2D eigenvalue weighted by molar-refractivity contribution is 8.26. The fourth-order valence-corrected chi connectivity index (χ4v) is 5.96. The molecular weight excluding hydrogens is 472 g/mol. The van der Waals surface area contributed by atoms with E-state index < -0.39 is 0 Å². The number of aromatic nitrogens is 1. The first-order chi connectivity index (χ1) is 16.2. The topological polar surface area (TPSA) is 95.6 Å². The highest BCUT2D eigenvalue weighted by atomic mass is 32.2. The lowest BCUT2D eigenvalue weighted by molar-refractivity contribution is -0.148. The van der Waals surface area contributed by atoms with Gasteiger partial charge in [-0.15, -0.1) is 0 Å². The zero-order chi connectivity index (χ0) is 25.2. The normalized spacial score (nSPS) is 19.8. The van der Waals surface area contributed by atoms with Crippen molar-refractivity contribution in [1.29, 1.82) is 5.26 Å². The van der Waals surface area contributed by atoms with Gasteiger partial charge in [-0.1, -0.05) is 24.0 Å². The summed E-state index contributed by atoms with van der Waals surface area (Å²) in [5, 5.41) is 9.73. The quantitative estimate of drug-likeness (QED) is 0.332. The van der Waals surface area contributed by atoms with Crippen LogP contribution in [0.15, 0.2) is 9.70 Å². The fraction of sp³-hybridized carbons (Fsp3) is 0.542. The maximum atomic E-state index is 13.2. The predicted molar refractivity (Wildman–Crippen MR) is 138 cm³/mol. The van der Waals surface area contributed by atoms with Gasteiger partial charge in [-0.05, 0) is 59.1 Å². The van der Waals surface area contributed by atoms with Gasteiger partial charge in [0.2, 0.25) is 0 Å². The van der Waals surface area contributed by atoms with Crippen molar-refractivity contribution < 1.29 is 14.3 Å². The monoisotopic (exact) mass is 502 g/mol. The molecule has 0 aliphatic carbocycles. The lowest BCUT2D eigenvalue weighted by Crippen LogP contribution is -2.43. The van der Waals surface area contributed by atoms with Crippen molar-refractivity contribution in [3.05, 3.63) is 31.9 Å². The zero-order valence-corrected chi connectivity index (χ0v) is 21.8. The van der Waals surface area contributed by atoms with E-state index in [9.17, 15) is 19.6 Å². The fourth-order valence-electron chi connectivity index (χ4n) is 4.46. The second kappa shape index (κ2) is 10.7. The van der Waals surface area contributed by atoms with Crippen molar-refractivity contribution in [1.82, 2.24) is 9.47 Å². The molecule has 0 spiro atoms. The van der Waals surface area contributed by atoms with E-state index in [-0.39, 0.29) is 35.0 Å². The van der Waals surface area contributed by atoms with E-state index in [1.165, 1.54) is 11.8 Å². The summed E-state index contributed by atoms with van der Waals surface area (Å²) in [5.74, 6) is -0.127. The lowest BCUT2D eigenvalue weighted by Gasteiger charge is -2.36. The van der Waals surface area contributed by atoms with Gasteiger partial charge in [0.15, 0.2) is 0 Å². The van der Waals surface area contributed by atoms with Gasteiger partial charge in [0, 0.05) is 31.2 Å². The van der Waals surface area contributed by atoms with E-state index in [4.69, 9.17) is 17.0 Å². The van der Waals surface area contributed by atoms with Crippen LogP contribution in [0.25, 0.3) is 6.08 Å². The van der Waals surface area contributed by atoms with Crippen LogP contribution in [0.3, 0.4) is 0 Å². The molecule has 2 aliphatic heterocycles. The number of ether oxygens (including phenoxy) is 1. The van der Waals surface area contributed by atoms with Gasteiger partial charge in [0.25, 0.3) is 11.5 Å². The van der Waals surface area contributed by atoms with Crippen LogP contribution >= 0.6 is 24.0 Å². The van der Waals surface area contributed by atoms with E-state index in [1.807, 2.05) is 31.7 Å². The molecule has 3 rings (SSSR count). The summed E-state index contributed by atoms with van der Waals surface area (Å²) in [6, 6.07) is 1.96. The molecule has 1 aromatic rings. The molecule has 1 amide bonds. The summed E-state index contributed by atoms with van der Waals surface area (Å²) in [6.07, 6.45) is 3.21. The Morgan fingerprint density at radius 1 is 1.35 bits per heavy atom. The molecule has 2 aliphatic rings. The number of nitrogens with zero attached hydrogens (tertiary/aromatic N) is 4. The number of hydrogen-bond acceptors (Lipinski definition) is 8. The summed E-state index contributed by atoms with van der Waals surface area (Å²) in [7, 11) is 0. The molecule has 0 radical (unpaired) electrons. The Kier molecular flexibility index (Phi) is 8.21. The number of thioether (sulfide) groups is 1. The first kappa shape index (κ1) is 26.0. The zero-order valence-electron chi connectivity index (χ0n) is 20.2. The van der Waals surface area contributed by atoms with Gasteiger partial charge in [0.1, 0.15) is 21.8 Å². The summed E-state index contributed by atoms with van der Waals surface area (Å²) in [4.78, 5) is 42.8. The first-order valence-electron chi connectivity index (χ1n) is 11.5. The molecule has 0 N–H and O–H groups in total. The summed E-state index contributed by atoms with van der Waals surface area (Å²) >= 11 is 6.64. The maximum Gasteiger partial charge on any atom is 0.310 e. The standard InChI is InChI=1S/C24H30N4O4S2/c1-6-27-20(26-10-8-9-16(13-26)23(31)32-7-2)17(15(5)18(12-25)21(27)29)11-19-22(30)28(14(3)4)24(33)34-19/h11,14,16H,6-10,13H2,1-5H3/b19-11-. The summed E-state index contributed by atoms with van der Waals surface area (Å²) in [5.41, 5.74) is 0.824. The molecule has 2 saturated heterocycles. The minimum atomic E-state index is -0.373. The Morgan fingerprint density at radius 2 is 2.06 bits per heavy atom. The number of hydrogen-bond donors (Lipinski definition) is 0.